The normalized spacial score (nSPS) is 19.9. The Morgan fingerprint density at radius 3 is 2.42 bits per heavy atom. The molecule has 0 bridgehead atoms. The van der Waals surface area contributed by atoms with Gasteiger partial charge >= 0.3 is 5.97 Å². The van der Waals surface area contributed by atoms with Gasteiger partial charge in [0.25, 0.3) is 0 Å². The number of nitrogens with one attached hydrogen (secondary N) is 1. The lowest BCUT2D eigenvalue weighted by Crippen LogP contribution is -2.59. The van der Waals surface area contributed by atoms with E-state index in [0.29, 0.717) is 6.42 Å². The lowest BCUT2D eigenvalue weighted by molar-refractivity contribution is -0.151. The predicted octanol–water partition coefficient (Wildman–Crippen LogP) is 1.29. The molecule has 0 aromatic heterocycles. The maximum absolute atomic E-state index is 11.7. The summed E-state index contributed by atoms with van der Waals surface area (Å²) in [5, 5.41) is 12.9. The van der Waals surface area contributed by atoms with Crippen molar-refractivity contribution in [1.82, 2.24) is 10.2 Å². The highest BCUT2D eigenvalue weighted by Gasteiger charge is 2.39. The van der Waals surface area contributed by atoms with Gasteiger partial charge in [-0.15, -0.1) is 0 Å². The molecule has 4 heteroatoms. The molecule has 0 aliphatic carbocycles. The molecule has 1 aromatic rings. The third kappa shape index (κ3) is 3.14. The largest absolute Gasteiger partial charge is 0.480 e. The SMILES string of the molecule is Cc1ccc(CC(C)(C(=O)O)N2CCNCC2)cc1. The first-order valence-corrected chi connectivity index (χ1v) is 6.77. The number of carboxylic acid groups (broad SMARTS) is 1. The zero-order valence-electron chi connectivity index (χ0n) is 11.6. The quantitative estimate of drug-likeness (QED) is 0.858. The third-order valence-electron chi connectivity index (χ3n) is 3.94. The summed E-state index contributed by atoms with van der Waals surface area (Å²) in [6, 6.07) is 8.13. The average molecular weight is 262 g/mol. The van der Waals surface area contributed by atoms with Crippen LogP contribution in [0, 0.1) is 6.92 Å². The molecule has 1 fully saturated rings. The van der Waals surface area contributed by atoms with Gasteiger partial charge in [0.05, 0.1) is 0 Å². The molecule has 0 amide bonds. The van der Waals surface area contributed by atoms with Crippen LogP contribution in [-0.4, -0.2) is 47.7 Å². The first kappa shape index (κ1) is 14.0. The van der Waals surface area contributed by atoms with E-state index in [0.717, 1.165) is 31.7 Å². The average Bonchev–Trinajstić information content (AvgIpc) is 2.42. The van der Waals surface area contributed by atoms with Gasteiger partial charge in [-0.3, -0.25) is 9.69 Å². The Balaban J connectivity index is 2.18. The van der Waals surface area contributed by atoms with Gasteiger partial charge in [0.1, 0.15) is 5.54 Å². The van der Waals surface area contributed by atoms with Crippen LogP contribution in [0.2, 0.25) is 0 Å². The van der Waals surface area contributed by atoms with Crippen LogP contribution in [0.15, 0.2) is 24.3 Å². The highest BCUT2D eigenvalue weighted by Crippen LogP contribution is 2.22. The van der Waals surface area contributed by atoms with E-state index in [4.69, 9.17) is 0 Å². The molecule has 1 unspecified atom stereocenters. The molecule has 2 rings (SSSR count). The lowest BCUT2D eigenvalue weighted by Gasteiger charge is -2.40. The Bertz CT molecular complexity index is 438. The van der Waals surface area contributed by atoms with Crippen molar-refractivity contribution >= 4 is 5.97 Å². The molecule has 0 spiro atoms. The summed E-state index contributed by atoms with van der Waals surface area (Å²) in [4.78, 5) is 13.8. The maximum atomic E-state index is 11.7. The zero-order valence-corrected chi connectivity index (χ0v) is 11.6. The molecule has 1 aliphatic rings. The Morgan fingerprint density at radius 2 is 1.89 bits per heavy atom. The number of carboxylic acids is 1. The lowest BCUT2D eigenvalue weighted by atomic mass is 9.90. The minimum absolute atomic E-state index is 0.544. The summed E-state index contributed by atoms with van der Waals surface area (Å²) in [5.41, 5.74) is 1.45. The number of carbonyl (C=O) groups is 1. The van der Waals surface area contributed by atoms with Gasteiger partial charge in [-0.05, 0) is 19.4 Å². The minimum Gasteiger partial charge on any atom is -0.480 e. The van der Waals surface area contributed by atoms with Gasteiger partial charge < -0.3 is 10.4 Å². The van der Waals surface area contributed by atoms with E-state index >= 15 is 0 Å². The number of rotatable bonds is 4. The third-order valence-corrected chi connectivity index (χ3v) is 3.94. The Morgan fingerprint density at radius 1 is 1.32 bits per heavy atom. The van der Waals surface area contributed by atoms with Crippen molar-refractivity contribution in [2.75, 3.05) is 26.2 Å². The molecule has 1 aliphatic heterocycles. The summed E-state index contributed by atoms with van der Waals surface area (Å²) in [6.45, 7) is 7.16. The second-order valence-electron chi connectivity index (χ2n) is 5.48. The highest BCUT2D eigenvalue weighted by atomic mass is 16.4. The summed E-state index contributed by atoms with van der Waals surface area (Å²) < 4.78 is 0. The van der Waals surface area contributed by atoms with Crippen LogP contribution in [0.4, 0.5) is 0 Å². The molecule has 1 saturated heterocycles. The number of hydrogen-bond donors (Lipinski definition) is 2. The van der Waals surface area contributed by atoms with Crippen LogP contribution in [0.5, 0.6) is 0 Å². The molecule has 2 N–H and O–H groups in total. The molecular weight excluding hydrogens is 240 g/mol. The molecule has 1 atom stereocenters. The van der Waals surface area contributed by atoms with E-state index in [1.807, 2.05) is 38.1 Å². The molecule has 0 saturated carbocycles. The Hall–Kier alpha value is -1.39. The van der Waals surface area contributed by atoms with Crippen LogP contribution in [0.25, 0.3) is 0 Å². The number of benzene rings is 1. The topological polar surface area (TPSA) is 52.6 Å². The molecule has 4 nitrogen and oxygen atoms in total. The number of aryl methyl sites for hydroxylation is 1. The predicted molar refractivity (Wildman–Crippen MR) is 75.4 cm³/mol. The van der Waals surface area contributed by atoms with Crippen molar-refractivity contribution < 1.29 is 9.90 Å². The number of hydrogen-bond acceptors (Lipinski definition) is 3. The van der Waals surface area contributed by atoms with Gasteiger partial charge in [-0.1, -0.05) is 29.8 Å². The smallest absolute Gasteiger partial charge is 0.324 e. The van der Waals surface area contributed by atoms with Gasteiger partial charge in [-0.2, -0.15) is 0 Å². The monoisotopic (exact) mass is 262 g/mol. The van der Waals surface area contributed by atoms with Gasteiger partial charge in [0.15, 0.2) is 0 Å². The van der Waals surface area contributed by atoms with Crippen molar-refractivity contribution in [3.8, 4) is 0 Å². The number of nitrogens with zero attached hydrogens (tertiary/aromatic N) is 1. The first-order valence-electron chi connectivity index (χ1n) is 6.77. The van der Waals surface area contributed by atoms with Crippen molar-refractivity contribution in [1.29, 1.82) is 0 Å². The standard InChI is InChI=1S/C15H22N2O2/c1-12-3-5-13(6-4-12)11-15(2,14(18)19)17-9-7-16-8-10-17/h3-6,16H,7-11H2,1-2H3,(H,18,19). The van der Waals surface area contributed by atoms with Gasteiger partial charge in [0.2, 0.25) is 0 Å². The fourth-order valence-electron chi connectivity index (χ4n) is 2.58. The number of aliphatic carboxylic acids is 1. The maximum Gasteiger partial charge on any atom is 0.324 e. The van der Waals surface area contributed by atoms with E-state index in [2.05, 4.69) is 10.2 Å². The second kappa shape index (κ2) is 5.72. The van der Waals surface area contributed by atoms with E-state index < -0.39 is 11.5 Å². The Kier molecular flexibility index (Phi) is 4.22. The molecule has 19 heavy (non-hydrogen) atoms. The van der Waals surface area contributed by atoms with Crippen molar-refractivity contribution in [2.24, 2.45) is 0 Å². The van der Waals surface area contributed by atoms with Crippen LogP contribution in [0.3, 0.4) is 0 Å². The molecule has 0 radical (unpaired) electrons. The second-order valence-corrected chi connectivity index (χ2v) is 5.48. The Labute approximate surface area is 114 Å². The molecule has 1 aromatic carbocycles. The summed E-state index contributed by atoms with van der Waals surface area (Å²) in [5.74, 6) is -0.741. The van der Waals surface area contributed by atoms with Crippen LogP contribution in [0.1, 0.15) is 18.1 Å². The van der Waals surface area contributed by atoms with E-state index in [9.17, 15) is 9.90 Å². The highest BCUT2D eigenvalue weighted by molar-refractivity contribution is 5.78. The number of piperazine rings is 1. The summed E-state index contributed by atoms with van der Waals surface area (Å²) in [6.07, 6.45) is 0.544. The van der Waals surface area contributed by atoms with Crippen molar-refractivity contribution in [2.45, 2.75) is 25.8 Å². The first-order chi connectivity index (χ1) is 9.02. The fraction of sp³-hybridized carbons (Fsp3) is 0.533. The zero-order chi connectivity index (χ0) is 13.9. The molecular formula is C15H22N2O2. The minimum atomic E-state index is -0.822. The molecule has 1 heterocycles. The summed E-state index contributed by atoms with van der Waals surface area (Å²) >= 11 is 0. The molecule has 104 valence electrons. The van der Waals surface area contributed by atoms with Crippen LogP contribution in [-0.2, 0) is 11.2 Å². The van der Waals surface area contributed by atoms with Gasteiger partial charge in [-0.25, -0.2) is 0 Å². The van der Waals surface area contributed by atoms with Crippen LogP contribution < -0.4 is 5.32 Å². The summed E-state index contributed by atoms with van der Waals surface area (Å²) in [7, 11) is 0. The van der Waals surface area contributed by atoms with E-state index in [-0.39, 0.29) is 0 Å². The van der Waals surface area contributed by atoms with E-state index in [1.54, 1.807) is 0 Å². The van der Waals surface area contributed by atoms with Crippen LogP contribution >= 0.6 is 0 Å². The van der Waals surface area contributed by atoms with Crippen molar-refractivity contribution in [3.63, 3.8) is 0 Å². The van der Waals surface area contributed by atoms with Gasteiger partial charge in [0, 0.05) is 32.6 Å². The fourth-order valence-corrected chi connectivity index (χ4v) is 2.58. The van der Waals surface area contributed by atoms with Crippen molar-refractivity contribution in [3.05, 3.63) is 35.4 Å². The van der Waals surface area contributed by atoms with E-state index in [1.165, 1.54) is 5.56 Å².